The van der Waals surface area contributed by atoms with Crippen molar-refractivity contribution < 1.29 is 8.78 Å². The summed E-state index contributed by atoms with van der Waals surface area (Å²) in [6.07, 6.45) is 0.875. The third-order valence-electron chi connectivity index (χ3n) is 1.71. The second-order valence-electron chi connectivity index (χ2n) is 2.72. The van der Waals surface area contributed by atoms with Crippen LogP contribution in [0, 0.1) is 11.6 Å². The first kappa shape index (κ1) is 10.4. The van der Waals surface area contributed by atoms with Gasteiger partial charge >= 0.3 is 0 Å². The maximum absolute atomic E-state index is 13.0. The third kappa shape index (κ3) is 2.92. The van der Waals surface area contributed by atoms with Gasteiger partial charge in [0.1, 0.15) is 11.6 Å². The van der Waals surface area contributed by atoms with E-state index in [1.54, 1.807) is 0 Å². The molecule has 0 bridgehead atoms. The number of hydrogen-bond donors (Lipinski definition) is 0. The highest BCUT2D eigenvalue weighted by atomic mass is 79.9. The second kappa shape index (κ2) is 4.51. The van der Waals surface area contributed by atoms with Crippen LogP contribution >= 0.6 is 15.9 Å². The van der Waals surface area contributed by atoms with Crippen LogP contribution in [0.15, 0.2) is 29.3 Å². The van der Waals surface area contributed by atoms with E-state index < -0.39 is 11.6 Å². The summed E-state index contributed by atoms with van der Waals surface area (Å²) in [6, 6.07) is 3.88. The average molecular weight is 247 g/mol. The number of halogens is 3. The van der Waals surface area contributed by atoms with Crippen molar-refractivity contribution in [3.63, 3.8) is 0 Å². The molecule has 0 saturated heterocycles. The molecule has 3 heteroatoms. The Morgan fingerprint density at radius 3 is 2.31 bits per heavy atom. The van der Waals surface area contributed by atoms with Gasteiger partial charge in [0.25, 0.3) is 0 Å². The topological polar surface area (TPSA) is 0 Å². The van der Waals surface area contributed by atoms with Crippen LogP contribution in [0.1, 0.15) is 12.0 Å². The molecule has 0 heterocycles. The molecule has 70 valence electrons. The highest BCUT2D eigenvalue weighted by Crippen LogP contribution is 2.17. The lowest BCUT2D eigenvalue weighted by atomic mass is 10.1. The Balaban J connectivity index is 2.81. The van der Waals surface area contributed by atoms with E-state index >= 15 is 0 Å². The Bertz CT molecular complexity index is 300. The molecule has 0 saturated carbocycles. The third-order valence-corrected chi connectivity index (χ3v) is 2.10. The molecular weight excluding hydrogens is 238 g/mol. The van der Waals surface area contributed by atoms with Crippen LogP contribution in [-0.2, 0) is 6.42 Å². The molecule has 1 aromatic carbocycles. The number of hydrogen-bond acceptors (Lipinski definition) is 0. The van der Waals surface area contributed by atoms with Crippen molar-refractivity contribution >= 4 is 15.9 Å². The lowest BCUT2D eigenvalue weighted by Gasteiger charge is -2.03. The first-order valence-electron chi connectivity index (χ1n) is 3.87. The van der Waals surface area contributed by atoms with Crippen molar-refractivity contribution in [2.45, 2.75) is 12.8 Å². The smallest absolute Gasteiger partial charge is 0.129 e. The molecule has 0 atom stereocenters. The van der Waals surface area contributed by atoms with Gasteiger partial charge in [-0.1, -0.05) is 28.6 Å². The Labute approximate surface area is 84.4 Å². The molecule has 0 aliphatic carbocycles. The van der Waals surface area contributed by atoms with Gasteiger partial charge in [0.15, 0.2) is 0 Å². The highest BCUT2D eigenvalue weighted by Gasteiger charge is 2.07. The monoisotopic (exact) mass is 246 g/mol. The van der Waals surface area contributed by atoms with Crippen molar-refractivity contribution in [2.24, 2.45) is 0 Å². The van der Waals surface area contributed by atoms with E-state index in [0.717, 1.165) is 4.48 Å². The molecule has 0 amide bonds. The van der Waals surface area contributed by atoms with Gasteiger partial charge < -0.3 is 0 Å². The standard InChI is InChI=1S/C10H9BrF2/c1-7(11)5-6-8-9(12)3-2-4-10(8)13/h2-4H,1,5-6H2. The molecule has 1 aromatic rings. The van der Waals surface area contributed by atoms with Crippen molar-refractivity contribution in [1.29, 1.82) is 0 Å². The van der Waals surface area contributed by atoms with E-state index in [-0.39, 0.29) is 5.56 Å². The maximum Gasteiger partial charge on any atom is 0.129 e. The van der Waals surface area contributed by atoms with Gasteiger partial charge in [-0.2, -0.15) is 0 Å². The van der Waals surface area contributed by atoms with Gasteiger partial charge in [0.05, 0.1) is 0 Å². The quantitative estimate of drug-likeness (QED) is 0.761. The minimum absolute atomic E-state index is 0.128. The molecule has 0 N–H and O–H groups in total. The fourth-order valence-electron chi connectivity index (χ4n) is 1.03. The van der Waals surface area contributed by atoms with Crippen LogP contribution < -0.4 is 0 Å². The summed E-state index contributed by atoms with van der Waals surface area (Å²) in [6.45, 7) is 3.60. The summed E-state index contributed by atoms with van der Waals surface area (Å²) in [5.41, 5.74) is 0.128. The van der Waals surface area contributed by atoms with Crippen LogP contribution in [0.25, 0.3) is 0 Å². The number of rotatable bonds is 3. The van der Waals surface area contributed by atoms with Gasteiger partial charge in [0, 0.05) is 5.56 Å². The average Bonchev–Trinajstić information content (AvgIpc) is 2.03. The molecule has 0 aliphatic heterocycles. The first-order chi connectivity index (χ1) is 6.11. The minimum Gasteiger partial charge on any atom is -0.207 e. The molecule has 0 fully saturated rings. The molecule has 0 aliphatic rings. The van der Waals surface area contributed by atoms with Gasteiger partial charge in [-0.3, -0.25) is 0 Å². The normalized spacial score (nSPS) is 10.1. The van der Waals surface area contributed by atoms with Crippen LogP contribution in [0.2, 0.25) is 0 Å². The van der Waals surface area contributed by atoms with E-state index in [9.17, 15) is 8.78 Å². The van der Waals surface area contributed by atoms with Crippen LogP contribution in [0.5, 0.6) is 0 Å². The fraction of sp³-hybridized carbons (Fsp3) is 0.200. The zero-order valence-electron chi connectivity index (χ0n) is 6.99. The molecule has 0 nitrogen and oxygen atoms in total. The first-order valence-corrected chi connectivity index (χ1v) is 4.66. The zero-order chi connectivity index (χ0) is 9.84. The Morgan fingerprint density at radius 2 is 1.85 bits per heavy atom. The van der Waals surface area contributed by atoms with Gasteiger partial charge in [0.2, 0.25) is 0 Å². The minimum atomic E-state index is -0.492. The van der Waals surface area contributed by atoms with Crippen LogP contribution in [0.3, 0.4) is 0 Å². The summed E-state index contributed by atoms with van der Waals surface area (Å²) in [5, 5.41) is 0. The molecule has 1 rings (SSSR count). The maximum atomic E-state index is 13.0. The highest BCUT2D eigenvalue weighted by molar-refractivity contribution is 9.11. The number of allylic oxidation sites excluding steroid dienone is 1. The molecule has 0 spiro atoms. The molecule has 0 unspecified atom stereocenters. The molecular formula is C10H9BrF2. The van der Waals surface area contributed by atoms with Crippen molar-refractivity contribution in [1.82, 2.24) is 0 Å². The molecule has 0 radical (unpaired) electrons. The molecule has 0 aromatic heterocycles. The van der Waals surface area contributed by atoms with E-state index in [0.29, 0.717) is 12.8 Å². The SMILES string of the molecule is C=C(Br)CCc1c(F)cccc1F. The predicted octanol–water partition coefficient (Wildman–Crippen LogP) is 3.81. The van der Waals surface area contributed by atoms with Gasteiger partial charge in [-0.25, -0.2) is 8.78 Å². The zero-order valence-corrected chi connectivity index (χ0v) is 8.57. The summed E-state index contributed by atoms with van der Waals surface area (Å²) in [4.78, 5) is 0. The van der Waals surface area contributed by atoms with E-state index in [2.05, 4.69) is 22.5 Å². The fourth-order valence-corrected chi connectivity index (χ4v) is 1.23. The van der Waals surface area contributed by atoms with Crippen LogP contribution in [-0.4, -0.2) is 0 Å². The van der Waals surface area contributed by atoms with Crippen LogP contribution in [0.4, 0.5) is 8.78 Å². The van der Waals surface area contributed by atoms with Crippen molar-refractivity contribution in [2.75, 3.05) is 0 Å². The number of benzene rings is 1. The van der Waals surface area contributed by atoms with E-state index in [1.807, 2.05) is 0 Å². The van der Waals surface area contributed by atoms with E-state index in [4.69, 9.17) is 0 Å². The lowest BCUT2D eigenvalue weighted by molar-refractivity contribution is 0.555. The lowest BCUT2D eigenvalue weighted by Crippen LogP contribution is -1.95. The summed E-state index contributed by atoms with van der Waals surface area (Å²) >= 11 is 3.14. The summed E-state index contributed by atoms with van der Waals surface area (Å²) in [5.74, 6) is -0.984. The van der Waals surface area contributed by atoms with E-state index in [1.165, 1.54) is 18.2 Å². The van der Waals surface area contributed by atoms with Crippen molar-refractivity contribution in [3.8, 4) is 0 Å². The van der Waals surface area contributed by atoms with Crippen molar-refractivity contribution in [3.05, 3.63) is 46.5 Å². The summed E-state index contributed by atoms with van der Waals surface area (Å²) in [7, 11) is 0. The Morgan fingerprint density at radius 1 is 1.31 bits per heavy atom. The molecule has 13 heavy (non-hydrogen) atoms. The Hall–Kier alpha value is -0.700. The summed E-state index contributed by atoms with van der Waals surface area (Å²) < 4.78 is 26.8. The largest absolute Gasteiger partial charge is 0.207 e. The predicted molar refractivity (Wildman–Crippen MR) is 52.7 cm³/mol. The second-order valence-corrected chi connectivity index (χ2v) is 3.84. The van der Waals surface area contributed by atoms with Gasteiger partial charge in [-0.05, 0) is 29.5 Å². The van der Waals surface area contributed by atoms with Gasteiger partial charge in [-0.15, -0.1) is 0 Å². The Kier molecular flexibility index (Phi) is 3.60.